The fourth-order valence-electron chi connectivity index (χ4n) is 3.55. The first kappa shape index (κ1) is 18.7. The summed E-state index contributed by atoms with van der Waals surface area (Å²) in [5, 5.41) is 15.3. The number of benzene rings is 2. The minimum atomic E-state index is -0.330. The lowest BCUT2D eigenvalue weighted by molar-refractivity contribution is -0.115. The van der Waals surface area contributed by atoms with E-state index < -0.39 is 0 Å². The lowest BCUT2D eigenvalue weighted by Crippen LogP contribution is -2.23. The largest absolute Gasteiger partial charge is 0.325 e. The van der Waals surface area contributed by atoms with Crippen LogP contribution < -0.4 is 5.32 Å². The second kappa shape index (κ2) is 7.75. The number of thioether (sulfide) groups is 1. The maximum Gasteiger partial charge on any atom is 0.237 e. The Hall–Kier alpha value is -2.67. The molecule has 0 saturated heterocycles. The number of rotatable bonds is 5. The second-order valence-electron chi connectivity index (χ2n) is 7.25. The molecule has 4 rings (SSSR count). The number of hydrogen-bond donors (Lipinski definition) is 1. The smallest absolute Gasteiger partial charge is 0.237 e. The van der Waals surface area contributed by atoms with Crippen LogP contribution in [0.25, 0.3) is 5.69 Å². The molecule has 0 spiro atoms. The first-order valence-corrected chi connectivity index (χ1v) is 10.3. The van der Waals surface area contributed by atoms with Gasteiger partial charge in [0, 0.05) is 5.69 Å². The molecular weight excluding hydrogens is 370 g/mol. The van der Waals surface area contributed by atoms with Gasteiger partial charge in [-0.2, -0.15) is 4.68 Å². The van der Waals surface area contributed by atoms with E-state index in [4.69, 9.17) is 0 Å². The highest BCUT2D eigenvalue weighted by Gasteiger charge is 2.20. The van der Waals surface area contributed by atoms with Gasteiger partial charge in [0.25, 0.3) is 0 Å². The Labute approximate surface area is 168 Å². The van der Waals surface area contributed by atoms with Crippen molar-refractivity contribution < 1.29 is 4.79 Å². The molecule has 0 unspecified atom stereocenters. The molecule has 1 aliphatic carbocycles. The number of tetrazole rings is 1. The van der Waals surface area contributed by atoms with E-state index in [1.807, 2.05) is 32.0 Å². The van der Waals surface area contributed by atoms with E-state index in [1.54, 1.807) is 4.68 Å². The van der Waals surface area contributed by atoms with Crippen LogP contribution in [-0.4, -0.2) is 31.4 Å². The Morgan fingerprint density at radius 2 is 1.96 bits per heavy atom. The number of nitrogens with one attached hydrogen (secondary N) is 1. The summed E-state index contributed by atoms with van der Waals surface area (Å²) in [5.41, 5.74) is 6.79. The van der Waals surface area contributed by atoms with E-state index in [0.717, 1.165) is 29.8 Å². The highest BCUT2D eigenvalue weighted by Crippen LogP contribution is 2.27. The predicted octanol–water partition coefficient (Wildman–Crippen LogP) is 3.89. The summed E-state index contributed by atoms with van der Waals surface area (Å²) < 4.78 is 1.69. The number of carbonyl (C=O) groups excluding carboxylic acids is 1. The molecule has 0 bridgehead atoms. The van der Waals surface area contributed by atoms with Gasteiger partial charge in [0.05, 0.1) is 10.9 Å². The predicted molar refractivity (Wildman–Crippen MR) is 111 cm³/mol. The van der Waals surface area contributed by atoms with E-state index in [2.05, 4.69) is 46.0 Å². The van der Waals surface area contributed by atoms with Crippen molar-refractivity contribution in [1.29, 1.82) is 0 Å². The molecule has 1 atom stereocenters. The maximum absolute atomic E-state index is 12.7. The fraction of sp³-hybridized carbons (Fsp3) is 0.333. The highest BCUT2D eigenvalue weighted by molar-refractivity contribution is 8.00. The summed E-state index contributed by atoms with van der Waals surface area (Å²) in [6.07, 6.45) is 3.42. The average Bonchev–Trinajstić information content (AvgIpc) is 3.30. The van der Waals surface area contributed by atoms with Crippen molar-refractivity contribution in [2.45, 2.75) is 50.4 Å². The summed E-state index contributed by atoms with van der Waals surface area (Å²) >= 11 is 1.35. The van der Waals surface area contributed by atoms with E-state index in [-0.39, 0.29) is 11.2 Å². The number of aryl methyl sites for hydroxylation is 4. The highest BCUT2D eigenvalue weighted by atomic mass is 32.2. The lowest BCUT2D eigenvalue weighted by Gasteiger charge is -2.13. The Kier molecular flexibility index (Phi) is 5.17. The van der Waals surface area contributed by atoms with Gasteiger partial charge < -0.3 is 5.32 Å². The van der Waals surface area contributed by atoms with Gasteiger partial charge in [-0.25, -0.2) is 0 Å². The minimum Gasteiger partial charge on any atom is -0.325 e. The first-order chi connectivity index (χ1) is 13.5. The first-order valence-electron chi connectivity index (χ1n) is 9.46. The summed E-state index contributed by atoms with van der Waals surface area (Å²) in [4.78, 5) is 12.7. The minimum absolute atomic E-state index is 0.0573. The topological polar surface area (TPSA) is 72.7 Å². The molecule has 1 aromatic heterocycles. The van der Waals surface area contributed by atoms with Crippen LogP contribution in [0, 0.1) is 13.8 Å². The Balaban J connectivity index is 1.47. The van der Waals surface area contributed by atoms with E-state index in [9.17, 15) is 4.79 Å². The molecule has 28 heavy (non-hydrogen) atoms. The van der Waals surface area contributed by atoms with Crippen LogP contribution >= 0.6 is 11.8 Å². The molecule has 0 fully saturated rings. The fourth-order valence-corrected chi connectivity index (χ4v) is 4.35. The van der Waals surface area contributed by atoms with Crippen LogP contribution in [0.3, 0.4) is 0 Å². The van der Waals surface area contributed by atoms with Gasteiger partial charge in [-0.3, -0.25) is 4.79 Å². The molecule has 0 radical (unpaired) electrons. The van der Waals surface area contributed by atoms with E-state index in [0.29, 0.717) is 5.16 Å². The van der Waals surface area contributed by atoms with Crippen molar-refractivity contribution in [2.24, 2.45) is 0 Å². The van der Waals surface area contributed by atoms with Gasteiger partial charge in [0.2, 0.25) is 11.1 Å². The van der Waals surface area contributed by atoms with Crippen LogP contribution in [0.5, 0.6) is 0 Å². The second-order valence-corrected chi connectivity index (χ2v) is 8.56. The van der Waals surface area contributed by atoms with Crippen molar-refractivity contribution in [3.05, 3.63) is 58.7 Å². The molecule has 0 saturated carbocycles. The quantitative estimate of drug-likeness (QED) is 0.666. The lowest BCUT2D eigenvalue weighted by atomic mass is 10.1. The van der Waals surface area contributed by atoms with Crippen molar-refractivity contribution in [1.82, 2.24) is 20.2 Å². The molecule has 1 heterocycles. The third kappa shape index (κ3) is 3.80. The number of fused-ring (bicyclic) bond motifs is 1. The molecule has 2 aromatic carbocycles. The third-order valence-corrected chi connectivity index (χ3v) is 6.07. The van der Waals surface area contributed by atoms with E-state index in [1.165, 1.54) is 34.9 Å². The van der Waals surface area contributed by atoms with Crippen molar-refractivity contribution in [2.75, 3.05) is 5.32 Å². The van der Waals surface area contributed by atoms with Gasteiger partial charge in [-0.05, 0) is 85.3 Å². The van der Waals surface area contributed by atoms with Gasteiger partial charge in [0.15, 0.2) is 0 Å². The Bertz CT molecular complexity index is 1030. The van der Waals surface area contributed by atoms with Crippen LogP contribution in [0.2, 0.25) is 0 Å². The Morgan fingerprint density at radius 1 is 1.14 bits per heavy atom. The number of anilines is 1. The molecular formula is C21H23N5OS. The Morgan fingerprint density at radius 3 is 2.79 bits per heavy atom. The summed E-state index contributed by atoms with van der Waals surface area (Å²) in [7, 11) is 0. The van der Waals surface area contributed by atoms with Crippen molar-refractivity contribution in [3.63, 3.8) is 0 Å². The number of nitrogens with zero attached hydrogens (tertiary/aromatic N) is 4. The number of aromatic nitrogens is 4. The van der Waals surface area contributed by atoms with Gasteiger partial charge in [-0.1, -0.05) is 35.5 Å². The SMILES string of the molecule is Cc1ccc(-n2nnnc2S[C@@H](C)C(=O)Nc2ccc3c(c2)CCC3)c(C)c1. The van der Waals surface area contributed by atoms with Crippen molar-refractivity contribution >= 4 is 23.4 Å². The molecule has 7 heteroatoms. The monoisotopic (exact) mass is 393 g/mol. The van der Waals surface area contributed by atoms with Gasteiger partial charge in [-0.15, -0.1) is 5.10 Å². The maximum atomic E-state index is 12.7. The van der Waals surface area contributed by atoms with E-state index >= 15 is 0 Å². The summed E-state index contributed by atoms with van der Waals surface area (Å²) in [6, 6.07) is 12.3. The van der Waals surface area contributed by atoms with Crippen LogP contribution in [-0.2, 0) is 17.6 Å². The molecule has 0 aliphatic heterocycles. The average molecular weight is 394 g/mol. The molecule has 1 N–H and O–H groups in total. The summed E-state index contributed by atoms with van der Waals surface area (Å²) in [6.45, 7) is 5.95. The molecule has 1 amide bonds. The molecule has 3 aromatic rings. The molecule has 144 valence electrons. The van der Waals surface area contributed by atoms with Gasteiger partial charge in [0.1, 0.15) is 0 Å². The third-order valence-electron chi connectivity index (χ3n) is 5.04. The van der Waals surface area contributed by atoms with Gasteiger partial charge >= 0.3 is 0 Å². The molecule has 1 aliphatic rings. The van der Waals surface area contributed by atoms with Crippen molar-refractivity contribution in [3.8, 4) is 5.69 Å². The summed E-state index contributed by atoms with van der Waals surface area (Å²) in [5.74, 6) is -0.0573. The zero-order valence-electron chi connectivity index (χ0n) is 16.3. The zero-order chi connectivity index (χ0) is 19.7. The normalized spacial score (nSPS) is 14.0. The van der Waals surface area contributed by atoms with Crippen LogP contribution in [0.1, 0.15) is 35.6 Å². The van der Waals surface area contributed by atoms with Crippen LogP contribution in [0.15, 0.2) is 41.6 Å². The number of hydrogen-bond acceptors (Lipinski definition) is 5. The molecule has 6 nitrogen and oxygen atoms in total. The zero-order valence-corrected chi connectivity index (χ0v) is 17.1. The van der Waals surface area contributed by atoms with Crippen LogP contribution in [0.4, 0.5) is 5.69 Å². The standard InChI is InChI=1S/C21H23N5OS/c1-13-7-10-19(14(2)11-13)26-21(23-24-25-26)28-15(3)20(27)22-18-9-8-16-5-4-6-17(16)12-18/h7-12,15H,4-6H2,1-3H3,(H,22,27)/t15-/m0/s1. The number of carbonyl (C=O) groups is 1. The number of amides is 1.